The molecule has 0 spiro atoms. The van der Waals surface area contributed by atoms with Gasteiger partial charge in [-0.25, -0.2) is 4.98 Å². The monoisotopic (exact) mass is 382 g/mol. The smallest absolute Gasteiger partial charge is 0.0896 e. The van der Waals surface area contributed by atoms with Crippen LogP contribution in [0.3, 0.4) is 0 Å². The van der Waals surface area contributed by atoms with E-state index in [2.05, 4.69) is 66.7 Å². The molecule has 3 aliphatic rings. The molecule has 8 rings (SSSR count). The molecule has 0 radical (unpaired) electrons. The summed E-state index contributed by atoms with van der Waals surface area (Å²) in [6.07, 6.45) is 1.93. The largest absolute Gasteiger partial charge is 0.252 e. The molecule has 0 amide bonds. The van der Waals surface area contributed by atoms with Gasteiger partial charge in [0.1, 0.15) is 0 Å². The molecule has 2 heteroatoms. The van der Waals surface area contributed by atoms with E-state index in [1.165, 1.54) is 38.9 Å². The lowest BCUT2D eigenvalue weighted by Gasteiger charge is -2.43. The van der Waals surface area contributed by atoms with Gasteiger partial charge in [0.2, 0.25) is 0 Å². The quantitative estimate of drug-likeness (QED) is 0.334. The molecular weight excluding hydrogens is 364 g/mol. The van der Waals surface area contributed by atoms with Crippen molar-refractivity contribution in [3.8, 4) is 11.3 Å². The summed E-state index contributed by atoms with van der Waals surface area (Å²) in [6.45, 7) is 0. The molecule has 0 fully saturated rings. The Morgan fingerprint density at radius 2 is 1.07 bits per heavy atom. The second-order valence-corrected chi connectivity index (χ2v) is 8.18. The van der Waals surface area contributed by atoms with Crippen LogP contribution in [-0.4, -0.2) is 9.97 Å². The molecule has 0 aliphatic heterocycles. The lowest BCUT2D eigenvalue weighted by molar-refractivity contribution is 0.755. The van der Waals surface area contributed by atoms with Crippen LogP contribution in [0, 0.1) is 0 Å². The van der Waals surface area contributed by atoms with E-state index in [-0.39, 0.29) is 11.8 Å². The predicted molar refractivity (Wildman–Crippen MR) is 120 cm³/mol. The van der Waals surface area contributed by atoms with Gasteiger partial charge >= 0.3 is 0 Å². The SMILES string of the molecule is c1ccc2c(c1)C1c3ccccc3C2c2c(-c3cnc4ccccc4n3)cccc21. The highest BCUT2D eigenvalue weighted by Gasteiger charge is 2.42. The van der Waals surface area contributed by atoms with Crippen molar-refractivity contribution in [3.05, 3.63) is 131 Å². The van der Waals surface area contributed by atoms with E-state index in [4.69, 9.17) is 9.97 Å². The van der Waals surface area contributed by atoms with Crippen LogP contribution in [0.2, 0.25) is 0 Å². The van der Waals surface area contributed by atoms with Crippen molar-refractivity contribution in [2.24, 2.45) is 0 Å². The molecule has 30 heavy (non-hydrogen) atoms. The zero-order valence-electron chi connectivity index (χ0n) is 16.3. The number of hydrogen-bond donors (Lipinski definition) is 0. The summed E-state index contributed by atoms with van der Waals surface area (Å²) < 4.78 is 0. The van der Waals surface area contributed by atoms with Crippen molar-refractivity contribution in [3.63, 3.8) is 0 Å². The number of nitrogens with zero attached hydrogens (tertiary/aromatic N) is 2. The molecule has 2 nitrogen and oxygen atoms in total. The number of hydrogen-bond acceptors (Lipinski definition) is 2. The normalized spacial score (nSPS) is 18.0. The molecular formula is C28H18N2. The summed E-state index contributed by atoms with van der Waals surface area (Å²) in [5, 5.41) is 0. The lowest BCUT2D eigenvalue weighted by atomic mass is 9.60. The molecule has 0 atom stereocenters. The zero-order valence-corrected chi connectivity index (χ0v) is 16.3. The van der Waals surface area contributed by atoms with Gasteiger partial charge in [-0.15, -0.1) is 0 Å². The molecule has 0 saturated carbocycles. The molecule has 1 heterocycles. The minimum absolute atomic E-state index is 0.238. The van der Waals surface area contributed by atoms with Gasteiger partial charge in [-0.1, -0.05) is 78.9 Å². The van der Waals surface area contributed by atoms with Crippen LogP contribution in [0.25, 0.3) is 22.3 Å². The fourth-order valence-corrected chi connectivity index (χ4v) is 5.52. The summed E-state index contributed by atoms with van der Waals surface area (Å²) in [4.78, 5) is 9.68. The number of fused-ring (bicyclic) bond motifs is 1. The predicted octanol–water partition coefficient (Wildman–Crippen LogP) is 6.28. The van der Waals surface area contributed by atoms with E-state index in [0.717, 1.165) is 16.7 Å². The van der Waals surface area contributed by atoms with Crippen molar-refractivity contribution in [1.29, 1.82) is 0 Å². The molecule has 5 aromatic rings. The first-order chi connectivity index (χ1) is 14.9. The van der Waals surface area contributed by atoms with E-state index in [0.29, 0.717) is 0 Å². The number of aromatic nitrogens is 2. The highest BCUT2D eigenvalue weighted by molar-refractivity contribution is 5.81. The van der Waals surface area contributed by atoms with Gasteiger partial charge in [-0.2, -0.15) is 0 Å². The van der Waals surface area contributed by atoms with Crippen molar-refractivity contribution in [1.82, 2.24) is 9.97 Å². The van der Waals surface area contributed by atoms with E-state index >= 15 is 0 Å². The second kappa shape index (κ2) is 5.87. The maximum absolute atomic E-state index is 4.99. The number of rotatable bonds is 1. The maximum atomic E-state index is 4.99. The highest BCUT2D eigenvalue weighted by Crippen LogP contribution is 2.57. The zero-order chi connectivity index (χ0) is 19.7. The summed E-state index contributed by atoms with van der Waals surface area (Å²) >= 11 is 0. The fraction of sp³-hybridized carbons (Fsp3) is 0.0714. The van der Waals surface area contributed by atoms with Gasteiger partial charge in [0, 0.05) is 17.4 Å². The molecule has 140 valence electrons. The molecule has 0 N–H and O–H groups in total. The van der Waals surface area contributed by atoms with Gasteiger partial charge in [-0.05, 0) is 45.5 Å². The topological polar surface area (TPSA) is 25.8 Å². The summed E-state index contributed by atoms with van der Waals surface area (Å²) in [5.41, 5.74) is 12.6. The Labute approximate surface area is 174 Å². The van der Waals surface area contributed by atoms with Crippen molar-refractivity contribution >= 4 is 11.0 Å². The van der Waals surface area contributed by atoms with Crippen LogP contribution in [0.4, 0.5) is 0 Å². The van der Waals surface area contributed by atoms with Crippen LogP contribution in [0.15, 0.2) is 97.2 Å². The molecule has 1 aromatic heterocycles. The van der Waals surface area contributed by atoms with Gasteiger partial charge < -0.3 is 0 Å². The first-order valence-corrected chi connectivity index (χ1v) is 10.4. The molecule has 0 unspecified atom stereocenters. The Bertz CT molecular complexity index is 1420. The van der Waals surface area contributed by atoms with Crippen molar-refractivity contribution < 1.29 is 0 Å². The van der Waals surface area contributed by atoms with Gasteiger partial charge in [-0.3, -0.25) is 4.98 Å². The van der Waals surface area contributed by atoms with Crippen molar-refractivity contribution in [2.75, 3.05) is 0 Å². The lowest BCUT2D eigenvalue weighted by Crippen LogP contribution is -2.28. The van der Waals surface area contributed by atoms with E-state index in [9.17, 15) is 0 Å². The first-order valence-electron chi connectivity index (χ1n) is 10.4. The minimum Gasteiger partial charge on any atom is -0.252 e. The average Bonchev–Trinajstić information content (AvgIpc) is 2.83. The third-order valence-electron chi connectivity index (χ3n) is 6.70. The Morgan fingerprint density at radius 3 is 1.77 bits per heavy atom. The third-order valence-corrected chi connectivity index (χ3v) is 6.70. The van der Waals surface area contributed by atoms with E-state index in [1.54, 1.807) is 0 Å². The van der Waals surface area contributed by atoms with Gasteiger partial charge in [0.25, 0.3) is 0 Å². The summed E-state index contributed by atoms with van der Waals surface area (Å²) in [6, 6.07) is 32.6. The summed E-state index contributed by atoms with van der Waals surface area (Å²) in [5.74, 6) is 0.521. The van der Waals surface area contributed by atoms with Crippen LogP contribution in [0.1, 0.15) is 45.2 Å². The Kier molecular flexibility index (Phi) is 3.14. The summed E-state index contributed by atoms with van der Waals surface area (Å²) in [7, 11) is 0. The van der Waals surface area contributed by atoms with Crippen LogP contribution < -0.4 is 0 Å². The van der Waals surface area contributed by atoms with E-state index in [1.807, 2.05) is 30.5 Å². The van der Waals surface area contributed by atoms with Crippen molar-refractivity contribution in [2.45, 2.75) is 11.8 Å². The van der Waals surface area contributed by atoms with E-state index < -0.39 is 0 Å². The molecule has 3 aliphatic carbocycles. The third kappa shape index (κ3) is 2.03. The van der Waals surface area contributed by atoms with Crippen LogP contribution in [0.5, 0.6) is 0 Å². The average molecular weight is 382 g/mol. The maximum Gasteiger partial charge on any atom is 0.0896 e. The minimum atomic E-state index is 0.238. The first kappa shape index (κ1) is 16.1. The molecule has 4 aromatic carbocycles. The number of para-hydroxylation sites is 2. The number of benzene rings is 4. The standard InChI is InChI=1S/C28H18N2/c1-3-10-19-17(8-1)26-18-9-2-4-11-20(18)27(19)28-21(12-7-13-22(26)28)25-16-29-23-14-5-6-15-24(23)30-25/h1-16,26-27H. The van der Waals surface area contributed by atoms with Crippen LogP contribution >= 0.6 is 0 Å². The Hall–Kier alpha value is -3.78. The molecule has 0 saturated heterocycles. The fourth-order valence-electron chi connectivity index (χ4n) is 5.52. The molecule has 2 bridgehead atoms. The Balaban J connectivity index is 1.54. The Morgan fingerprint density at radius 1 is 0.500 bits per heavy atom. The highest BCUT2D eigenvalue weighted by atomic mass is 14.8. The van der Waals surface area contributed by atoms with Gasteiger partial charge in [0.15, 0.2) is 0 Å². The second-order valence-electron chi connectivity index (χ2n) is 8.18. The van der Waals surface area contributed by atoms with Gasteiger partial charge in [0.05, 0.1) is 22.9 Å². The van der Waals surface area contributed by atoms with Crippen LogP contribution in [-0.2, 0) is 0 Å².